The van der Waals surface area contributed by atoms with E-state index in [2.05, 4.69) is 65.1 Å². The molecule has 0 spiro atoms. The van der Waals surface area contributed by atoms with Crippen LogP contribution in [0.15, 0.2) is 18.2 Å². The zero-order valence-electron chi connectivity index (χ0n) is 12.9. The summed E-state index contributed by atoms with van der Waals surface area (Å²) >= 11 is 0. The minimum Gasteiger partial charge on any atom is -0.385 e. The third kappa shape index (κ3) is 4.04. The molecule has 0 radical (unpaired) electrons. The lowest BCUT2D eigenvalue weighted by Crippen LogP contribution is -2.12. The molecule has 0 amide bonds. The fraction of sp³-hybridized carbons (Fsp3) is 0.647. The zero-order valence-corrected chi connectivity index (χ0v) is 12.9. The van der Waals surface area contributed by atoms with E-state index in [1.54, 1.807) is 0 Å². The van der Waals surface area contributed by atoms with Crippen LogP contribution in [-0.4, -0.2) is 6.54 Å². The molecule has 1 heteroatoms. The molecule has 1 N–H and O–H groups in total. The van der Waals surface area contributed by atoms with Gasteiger partial charge in [0.2, 0.25) is 0 Å². The fourth-order valence-electron chi connectivity index (χ4n) is 2.01. The summed E-state index contributed by atoms with van der Waals surface area (Å²) in [6.07, 6.45) is 1.23. The monoisotopic (exact) mass is 247 g/mol. The van der Waals surface area contributed by atoms with Gasteiger partial charge < -0.3 is 5.32 Å². The minimum atomic E-state index is 0.572. The Bertz CT molecular complexity index is 366. The Hall–Kier alpha value is -0.980. The first-order valence-electron chi connectivity index (χ1n) is 7.33. The average Bonchev–Trinajstić information content (AvgIpc) is 2.35. The minimum absolute atomic E-state index is 0.572. The van der Waals surface area contributed by atoms with E-state index in [-0.39, 0.29) is 0 Å². The molecule has 0 fully saturated rings. The predicted octanol–water partition coefficient (Wildman–Crippen LogP) is 5.39. The third-order valence-electron chi connectivity index (χ3n) is 3.70. The molecule has 1 aromatic carbocycles. The van der Waals surface area contributed by atoms with E-state index in [1.807, 2.05) is 0 Å². The molecular weight excluding hydrogens is 218 g/mol. The maximum absolute atomic E-state index is 3.61. The second-order valence-corrected chi connectivity index (χ2v) is 6.05. The normalized spacial score (nSPS) is 13.1. The molecule has 18 heavy (non-hydrogen) atoms. The number of hydrogen-bond acceptors (Lipinski definition) is 1. The lowest BCUT2D eigenvalue weighted by molar-refractivity contribution is 0.593. The van der Waals surface area contributed by atoms with Gasteiger partial charge in [0.1, 0.15) is 0 Å². The largest absolute Gasteiger partial charge is 0.385 e. The van der Waals surface area contributed by atoms with Gasteiger partial charge in [-0.3, -0.25) is 0 Å². The highest BCUT2D eigenvalue weighted by molar-refractivity contribution is 5.54. The Morgan fingerprint density at radius 3 is 2.17 bits per heavy atom. The molecule has 1 aromatic rings. The topological polar surface area (TPSA) is 12.0 Å². The van der Waals surface area contributed by atoms with Crippen molar-refractivity contribution in [3.63, 3.8) is 0 Å². The van der Waals surface area contributed by atoms with Gasteiger partial charge in [-0.1, -0.05) is 60.1 Å². The van der Waals surface area contributed by atoms with Gasteiger partial charge in [0.05, 0.1) is 0 Å². The maximum atomic E-state index is 3.61. The van der Waals surface area contributed by atoms with Gasteiger partial charge in [0.25, 0.3) is 0 Å². The first-order valence-corrected chi connectivity index (χ1v) is 7.33. The number of anilines is 1. The van der Waals surface area contributed by atoms with Gasteiger partial charge >= 0.3 is 0 Å². The molecule has 1 atom stereocenters. The number of rotatable bonds is 6. The summed E-state index contributed by atoms with van der Waals surface area (Å²) in [6.45, 7) is 14.7. The molecule has 1 unspecified atom stereocenters. The van der Waals surface area contributed by atoms with Crippen LogP contribution >= 0.6 is 0 Å². The lowest BCUT2D eigenvalue weighted by atomic mass is 9.94. The van der Waals surface area contributed by atoms with E-state index < -0.39 is 0 Å². The van der Waals surface area contributed by atoms with E-state index in [0.29, 0.717) is 11.8 Å². The first-order chi connectivity index (χ1) is 8.45. The molecule has 0 aliphatic heterocycles. The maximum Gasteiger partial charge on any atom is 0.0375 e. The molecule has 102 valence electrons. The van der Waals surface area contributed by atoms with Crippen molar-refractivity contribution in [2.45, 2.75) is 59.8 Å². The van der Waals surface area contributed by atoms with Crippen molar-refractivity contribution in [2.75, 3.05) is 11.9 Å². The molecule has 0 saturated heterocycles. The summed E-state index contributed by atoms with van der Waals surface area (Å²) in [7, 11) is 0. The first kappa shape index (κ1) is 15.1. The highest BCUT2D eigenvalue weighted by Crippen LogP contribution is 2.28. The van der Waals surface area contributed by atoms with Crippen molar-refractivity contribution in [3.05, 3.63) is 29.3 Å². The van der Waals surface area contributed by atoms with Crippen molar-refractivity contribution in [1.82, 2.24) is 0 Å². The summed E-state index contributed by atoms with van der Waals surface area (Å²) in [4.78, 5) is 0. The zero-order chi connectivity index (χ0) is 13.7. The second kappa shape index (κ2) is 6.82. The molecule has 0 aliphatic rings. The van der Waals surface area contributed by atoms with Gasteiger partial charge in [-0.25, -0.2) is 0 Å². The average molecular weight is 247 g/mol. The Morgan fingerprint density at radius 2 is 1.67 bits per heavy atom. The Morgan fingerprint density at radius 1 is 1.00 bits per heavy atom. The molecule has 0 saturated carbocycles. The van der Waals surface area contributed by atoms with Crippen LogP contribution in [0.25, 0.3) is 0 Å². The van der Waals surface area contributed by atoms with E-state index in [0.717, 1.165) is 12.5 Å². The number of benzene rings is 1. The van der Waals surface area contributed by atoms with Gasteiger partial charge in [0, 0.05) is 12.2 Å². The molecule has 0 heterocycles. The van der Waals surface area contributed by atoms with Gasteiger partial charge in [-0.15, -0.1) is 0 Å². The molecule has 0 aromatic heterocycles. The van der Waals surface area contributed by atoms with Gasteiger partial charge in [0.15, 0.2) is 0 Å². The highest BCUT2D eigenvalue weighted by Gasteiger charge is 2.10. The van der Waals surface area contributed by atoms with Crippen molar-refractivity contribution >= 4 is 5.69 Å². The van der Waals surface area contributed by atoms with Gasteiger partial charge in [-0.05, 0) is 34.9 Å². The van der Waals surface area contributed by atoms with Gasteiger partial charge in [-0.2, -0.15) is 0 Å². The van der Waals surface area contributed by atoms with Crippen LogP contribution in [0.5, 0.6) is 0 Å². The van der Waals surface area contributed by atoms with Crippen LogP contribution in [0.1, 0.15) is 70.9 Å². The van der Waals surface area contributed by atoms with Crippen LogP contribution < -0.4 is 5.32 Å². The van der Waals surface area contributed by atoms with Crippen LogP contribution in [0, 0.1) is 5.92 Å². The molecular formula is C17H29N. The quantitative estimate of drug-likeness (QED) is 0.710. The third-order valence-corrected chi connectivity index (χ3v) is 3.70. The van der Waals surface area contributed by atoms with Crippen LogP contribution in [-0.2, 0) is 0 Å². The van der Waals surface area contributed by atoms with Crippen molar-refractivity contribution in [3.8, 4) is 0 Å². The van der Waals surface area contributed by atoms with E-state index in [9.17, 15) is 0 Å². The standard InChI is InChI=1S/C17H29N/c1-7-14(6)11-18-17-9-8-15(12(2)3)10-16(17)13(4)5/h8-10,12-14,18H,7,11H2,1-6H3. The highest BCUT2D eigenvalue weighted by atomic mass is 14.9. The summed E-state index contributed by atoms with van der Waals surface area (Å²) in [5.74, 6) is 1.91. The molecule has 1 rings (SSSR count). The number of hydrogen-bond donors (Lipinski definition) is 1. The van der Waals surface area contributed by atoms with Crippen molar-refractivity contribution in [2.24, 2.45) is 5.92 Å². The molecule has 0 bridgehead atoms. The Labute approximate surface area is 113 Å². The van der Waals surface area contributed by atoms with E-state index in [1.165, 1.54) is 23.2 Å². The van der Waals surface area contributed by atoms with Crippen molar-refractivity contribution in [1.29, 1.82) is 0 Å². The molecule has 1 nitrogen and oxygen atoms in total. The van der Waals surface area contributed by atoms with E-state index >= 15 is 0 Å². The SMILES string of the molecule is CCC(C)CNc1ccc(C(C)C)cc1C(C)C. The summed E-state index contributed by atoms with van der Waals surface area (Å²) < 4.78 is 0. The molecule has 0 aliphatic carbocycles. The fourth-order valence-corrected chi connectivity index (χ4v) is 2.01. The van der Waals surface area contributed by atoms with Crippen LogP contribution in [0.3, 0.4) is 0 Å². The summed E-state index contributed by atoms with van der Waals surface area (Å²) in [6, 6.07) is 6.89. The predicted molar refractivity (Wildman–Crippen MR) is 82.6 cm³/mol. The van der Waals surface area contributed by atoms with Crippen LogP contribution in [0.4, 0.5) is 5.69 Å². The van der Waals surface area contributed by atoms with Crippen molar-refractivity contribution < 1.29 is 0 Å². The smallest absolute Gasteiger partial charge is 0.0375 e. The van der Waals surface area contributed by atoms with Crippen LogP contribution in [0.2, 0.25) is 0 Å². The lowest BCUT2D eigenvalue weighted by Gasteiger charge is -2.19. The summed E-state index contributed by atoms with van der Waals surface area (Å²) in [5.41, 5.74) is 4.20. The number of nitrogens with one attached hydrogen (secondary N) is 1. The van der Waals surface area contributed by atoms with E-state index in [4.69, 9.17) is 0 Å². The Kier molecular flexibility index (Phi) is 5.71. The second-order valence-electron chi connectivity index (χ2n) is 6.05. The Balaban J connectivity index is 2.90. The summed E-state index contributed by atoms with van der Waals surface area (Å²) in [5, 5.41) is 3.61.